The number of carboxylic acid groups (broad SMARTS) is 1. The molecule has 13 nitrogen and oxygen atoms in total. The number of fused-ring (bicyclic) bond motifs is 1. The van der Waals surface area contributed by atoms with Crippen LogP contribution in [0, 0.1) is 0 Å². The third-order valence-corrected chi connectivity index (χ3v) is 5.68. The van der Waals surface area contributed by atoms with E-state index in [1.165, 1.54) is 17.0 Å². The van der Waals surface area contributed by atoms with Crippen molar-refractivity contribution in [3.8, 4) is 5.75 Å². The summed E-state index contributed by atoms with van der Waals surface area (Å²) in [5.74, 6) is -4.60. The lowest BCUT2D eigenvalue weighted by atomic mass is 9.72. The first-order valence-electron chi connectivity index (χ1n) is 10.8. The van der Waals surface area contributed by atoms with Gasteiger partial charge in [0.25, 0.3) is 0 Å². The number of carbonyl (C=O) groups is 5. The Bertz CT molecular complexity index is 1010. The summed E-state index contributed by atoms with van der Waals surface area (Å²) in [4.78, 5) is 63.3. The second-order valence-corrected chi connectivity index (χ2v) is 7.85. The molecule has 14 heteroatoms. The Morgan fingerprint density at radius 1 is 1.26 bits per heavy atom. The van der Waals surface area contributed by atoms with E-state index in [1.54, 1.807) is 13.0 Å². The maximum absolute atomic E-state index is 12.9. The third kappa shape index (κ3) is 5.12. The normalized spacial score (nSPS) is 18.7. The zero-order valence-corrected chi connectivity index (χ0v) is 18.5. The number of para-hydroxylation sites is 1. The van der Waals surface area contributed by atoms with Crippen molar-refractivity contribution in [2.24, 2.45) is 5.73 Å². The molecule has 1 aromatic carbocycles. The number of carboxylic acids is 1. The van der Waals surface area contributed by atoms with Crippen molar-refractivity contribution in [3.63, 3.8) is 0 Å². The molecule has 34 heavy (non-hydrogen) atoms. The minimum Gasteiger partial charge on any atom is -0.534 e. The Balaban J connectivity index is 1.68. The van der Waals surface area contributed by atoms with E-state index in [9.17, 15) is 34.1 Å². The molecule has 2 atom stereocenters. The molecule has 0 spiro atoms. The summed E-state index contributed by atoms with van der Waals surface area (Å²) in [6.45, 7) is 2.25. The number of amides is 5. The molecular weight excluding hydrogens is 449 g/mol. The molecular formula is C20H26BN5O8. The predicted molar refractivity (Wildman–Crippen MR) is 118 cm³/mol. The number of hydrogen-bond acceptors (Lipinski definition) is 8. The molecule has 0 bridgehead atoms. The number of rotatable bonds is 7. The molecule has 182 valence electrons. The van der Waals surface area contributed by atoms with Crippen molar-refractivity contribution < 1.29 is 38.8 Å². The summed E-state index contributed by atoms with van der Waals surface area (Å²) >= 11 is 0. The highest BCUT2D eigenvalue weighted by molar-refractivity contribution is 6.47. The predicted octanol–water partition coefficient (Wildman–Crippen LogP) is -2.06. The Labute approximate surface area is 195 Å². The average molecular weight is 475 g/mol. The highest BCUT2D eigenvalue weighted by atomic mass is 16.5. The number of nitrogens with zero attached hydrogens (tertiary/aromatic N) is 2. The lowest BCUT2D eigenvalue weighted by molar-refractivity contribution is -0.153. The van der Waals surface area contributed by atoms with E-state index in [0.717, 1.165) is 4.90 Å². The first-order chi connectivity index (χ1) is 16.2. The van der Waals surface area contributed by atoms with Crippen LogP contribution in [0.2, 0.25) is 0 Å². The summed E-state index contributed by atoms with van der Waals surface area (Å²) in [6, 6.07) is 2.43. The van der Waals surface area contributed by atoms with Crippen molar-refractivity contribution in [2.75, 3.05) is 26.2 Å². The molecule has 2 heterocycles. The second-order valence-electron chi connectivity index (χ2n) is 7.85. The maximum atomic E-state index is 12.9. The smallest absolute Gasteiger partial charge is 0.534 e. The van der Waals surface area contributed by atoms with Crippen molar-refractivity contribution in [1.82, 2.24) is 20.4 Å². The number of aromatic carboxylic acids is 1. The molecule has 1 aromatic rings. The number of piperazine rings is 1. The molecule has 6 N–H and O–H groups in total. The Morgan fingerprint density at radius 2 is 2.00 bits per heavy atom. The zero-order chi connectivity index (χ0) is 25.0. The van der Waals surface area contributed by atoms with Crippen LogP contribution in [-0.4, -0.2) is 94.9 Å². The van der Waals surface area contributed by atoms with E-state index in [0.29, 0.717) is 12.1 Å². The van der Waals surface area contributed by atoms with Crippen LogP contribution in [0.3, 0.4) is 0 Å². The van der Waals surface area contributed by atoms with Crippen LogP contribution in [0.4, 0.5) is 4.79 Å². The van der Waals surface area contributed by atoms with Gasteiger partial charge < -0.3 is 36.1 Å². The SMILES string of the molecule is CCN1CCN(C(=O)NC(CCN)C(=O)N[C@H]2Cc3cccc(C(=O)O)c3OB2O)C(=O)C1=O. The van der Waals surface area contributed by atoms with Gasteiger partial charge in [0.15, 0.2) is 0 Å². The molecule has 1 saturated heterocycles. The average Bonchev–Trinajstić information content (AvgIpc) is 2.80. The minimum atomic E-state index is -1.53. The van der Waals surface area contributed by atoms with Crippen molar-refractivity contribution in [2.45, 2.75) is 31.7 Å². The van der Waals surface area contributed by atoms with Crippen LogP contribution in [-0.2, 0) is 20.8 Å². The lowest BCUT2D eigenvalue weighted by Gasteiger charge is -2.33. The van der Waals surface area contributed by atoms with Gasteiger partial charge in [-0.05, 0) is 37.9 Å². The summed E-state index contributed by atoms with van der Waals surface area (Å²) < 4.78 is 5.35. The van der Waals surface area contributed by atoms with E-state index >= 15 is 0 Å². The Kier molecular flexibility index (Phi) is 7.73. The number of benzene rings is 1. The van der Waals surface area contributed by atoms with Gasteiger partial charge in [0, 0.05) is 19.6 Å². The largest absolute Gasteiger partial charge is 0.547 e. The Hall–Kier alpha value is -3.65. The molecule has 0 aliphatic carbocycles. The van der Waals surface area contributed by atoms with Gasteiger partial charge in [0.2, 0.25) is 5.91 Å². The quantitative estimate of drug-likeness (QED) is 0.218. The molecule has 0 radical (unpaired) electrons. The number of nitrogens with two attached hydrogens (primary N) is 1. The van der Waals surface area contributed by atoms with Crippen LogP contribution in [0.1, 0.15) is 29.3 Å². The molecule has 2 aliphatic heterocycles. The summed E-state index contributed by atoms with van der Waals surface area (Å²) in [7, 11) is -1.53. The first-order valence-corrected chi connectivity index (χ1v) is 10.8. The number of urea groups is 1. The van der Waals surface area contributed by atoms with Gasteiger partial charge >= 0.3 is 30.9 Å². The number of nitrogens with one attached hydrogen (secondary N) is 2. The van der Waals surface area contributed by atoms with E-state index < -0.39 is 48.8 Å². The number of likely N-dealkylation sites (N-methyl/N-ethyl adjacent to an activating group) is 1. The van der Waals surface area contributed by atoms with Gasteiger partial charge in [-0.15, -0.1) is 0 Å². The second kappa shape index (κ2) is 10.5. The molecule has 0 saturated carbocycles. The van der Waals surface area contributed by atoms with Crippen LogP contribution >= 0.6 is 0 Å². The van der Waals surface area contributed by atoms with E-state index in [-0.39, 0.29) is 43.8 Å². The van der Waals surface area contributed by atoms with Crippen molar-refractivity contribution in [1.29, 1.82) is 0 Å². The van der Waals surface area contributed by atoms with Gasteiger partial charge in [-0.1, -0.05) is 12.1 Å². The monoisotopic (exact) mass is 475 g/mol. The topological polar surface area (TPSA) is 192 Å². The molecule has 1 unspecified atom stereocenters. The van der Waals surface area contributed by atoms with Gasteiger partial charge in [-0.2, -0.15) is 0 Å². The fourth-order valence-corrected chi connectivity index (χ4v) is 3.83. The number of hydrogen-bond donors (Lipinski definition) is 5. The summed E-state index contributed by atoms with van der Waals surface area (Å²) in [6.07, 6.45) is 0.108. The minimum absolute atomic E-state index is 0.0148. The van der Waals surface area contributed by atoms with Gasteiger partial charge in [0.05, 0.1) is 11.5 Å². The van der Waals surface area contributed by atoms with Crippen LogP contribution < -0.4 is 21.0 Å². The first kappa shape index (κ1) is 25.0. The van der Waals surface area contributed by atoms with E-state index in [2.05, 4.69) is 10.6 Å². The summed E-state index contributed by atoms with van der Waals surface area (Å²) in [5, 5.41) is 24.6. The Morgan fingerprint density at radius 3 is 2.65 bits per heavy atom. The highest BCUT2D eigenvalue weighted by Crippen LogP contribution is 2.30. The third-order valence-electron chi connectivity index (χ3n) is 5.68. The van der Waals surface area contributed by atoms with Crippen molar-refractivity contribution >= 4 is 36.8 Å². The molecule has 3 rings (SSSR count). The fourth-order valence-electron chi connectivity index (χ4n) is 3.83. The van der Waals surface area contributed by atoms with Crippen LogP contribution in [0.25, 0.3) is 0 Å². The molecule has 2 aliphatic rings. The van der Waals surface area contributed by atoms with Gasteiger partial charge in [-0.3, -0.25) is 19.3 Å². The lowest BCUT2D eigenvalue weighted by Crippen LogP contribution is -2.62. The van der Waals surface area contributed by atoms with Crippen molar-refractivity contribution in [3.05, 3.63) is 29.3 Å². The van der Waals surface area contributed by atoms with Gasteiger partial charge in [-0.25, -0.2) is 9.59 Å². The maximum Gasteiger partial charge on any atom is 0.547 e. The molecule has 0 aromatic heterocycles. The number of imide groups is 1. The van der Waals surface area contributed by atoms with E-state index in [1.807, 2.05) is 0 Å². The molecule has 5 amide bonds. The standard InChI is InChI=1S/C20H26BN5O8/c1-2-25-8-9-26(18(29)17(25)28)20(32)23-13(6-7-22)16(27)24-14-10-11-4-3-5-12(19(30)31)15(11)34-21(14)33/h3-5,13-14,33H,2,6-10,22H2,1H3,(H,23,32)(H,24,27)(H,30,31)/t13?,14-/m0/s1. The van der Waals surface area contributed by atoms with E-state index in [4.69, 9.17) is 10.4 Å². The fraction of sp³-hybridized carbons (Fsp3) is 0.450. The number of carbonyl (C=O) groups excluding carboxylic acids is 4. The highest BCUT2D eigenvalue weighted by Gasteiger charge is 2.40. The summed E-state index contributed by atoms with van der Waals surface area (Å²) in [5.41, 5.74) is 5.94. The van der Waals surface area contributed by atoms with Gasteiger partial charge in [0.1, 0.15) is 11.8 Å². The van der Waals surface area contributed by atoms with Crippen LogP contribution in [0.5, 0.6) is 5.75 Å². The molecule has 1 fully saturated rings. The van der Waals surface area contributed by atoms with Crippen LogP contribution in [0.15, 0.2) is 18.2 Å². The zero-order valence-electron chi connectivity index (χ0n) is 18.5.